The maximum absolute atomic E-state index is 9.67. The van der Waals surface area contributed by atoms with Crippen LogP contribution in [0.2, 0.25) is 0 Å². The number of carbonyl (C=O) groups is 2. The number of hydrogen-bond donors (Lipinski definition) is 0. The van der Waals surface area contributed by atoms with Gasteiger partial charge in [-0.3, -0.25) is 19.7 Å². The van der Waals surface area contributed by atoms with Gasteiger partial charge < -0.3 is 0 Å². The van der Waals surface area contributed by atoms with Gasteiger partial charge in [-0.05, 0) is 0 Å². The molecule has 0 spiro atoms. The van der Waals surface area contributed by atoms with Gasteiger partial charge in [0.25, 0.3) is 0 Å². The number of nitrogens with zero attached hydrogens (tertiary/aromatic N) is 1. The average Bonchev–Trinajstić information content (AvgIpc) is 1.82. The van der Waals surface area contributed by atoms with Gasteiger partial charge in [-0.25, -0.2) is 0 Å². The third-order valence-corrected chi connectivity index (χ3v) is 0.570. The standard InChI is InChI=1S/C4H3NO4/c6-2-1-4(3-7)5(8)9/h1-3H/b4-1+. The molecule has 0 aliphatic carbocycles. The van der Waals surface area contributed by atoms with Crippen molar-refractivity contribution >= 4 is 12.6 Å². The van der Waals surface area contributed by atoms with E-state index in [1.165, 1.54) is 0 Å². The van der Waals surface area contributed by atoms with E-state index in [2.05, 4.69) is 0 Å². The number of nitro groups is 1. The van der Waals surface area contributed by atoms with Gasteiger partial charge in [-0.1, -0.05) is 0 Å². The molecule has 9 heavy (non-hydrogen) atoms. The molecule has 0 aliphatic heterocycles. The molecule has 0 aromatic rings. The van der Waals surface area contributed by atoms with Crippen LogP contribution in [0.15, 0.2) is 11.8 Å². The van der Waals surface area contributed by atoms with Crippen molar-refractivity contribution in [2.45, 2.75) is 0 Å². The first-order chi connectivity index (χ1) is 4.22. The Bertz CT molecular complexity index is 171. The molecule has 0 radical (unpaired) electrons. The van der Waals surface area contributed by atoms with Crippen molar-refractivity contribution in [3.63, 3.8) is 0 Å². The molecule has 0 fully saturated rings. The van der Waals surface area contributed by atoms with E-state index in [0.717, 1.165) is 0 Å². The summed E-state index contributed by atoms with van der Waals surface area (Å²) in [7, 11) is 0. The summed E-state index contributed by atoms with van der Waals surface area (Å²) in [5, 5.41) is 9.67. The SMILES string of the molecule is O=C/C=C(\C=O)[N+](=O)[O-]. The minimum atomic E-state index is -0.929. The molecule has 0 saturated carbocycles. The zero-order valence-electron chi connectivity index (χ0n) is 4.31. The van der Waals surface area contributed by atoms with Crippen LogP contribution in [0.1, 0.15) is 0 Å². The fourth-order valence-corrected chi connectivity index (χ4v) is 0.213. The van der Waals surface area contributed by atoms with E-state index in [9.17, 15) is 19.7 Å². The lowest BCUT2D eigenvalue weighted by Crippen LogP contribution is -1.99. The summed E-state index contributed by atoms with van der Waals surface area (Å²) < 4.78 is 0. The summed E-state index contributed by atoms with van der Waals surface area (Å²) in [5.41, 5.74) is -0.731. The summed E-state index contributed by atoms with van der Waals surface area (Å²) in [4.78, 5) is 27.9. The second kappa shape index (κ2) is 3.48. The van der Waals surface area contributed by atoms with Gasteiger partial charge in [0.05, 0.1) is 11.0 Å². The highest BCUT2D eigenvalue weighted by Crippen LogP contribution is 1.85. The van der Waals surface area contributed by atoms with Gasteiger partial charge in [-0.15, -0.1) is 0 Å². The quantitative estimate of drug-likeness (QED) is 0.223. The van der Waals surface area contributed by atoms with Crippen molar-refractivity contribution in [2.75, 3.05) is 0 Å². The first-order valence-corrected chi connectivity index (χ1v) is 1.97. The van der Waals surface area contributed by atoms with Crippen LogP contribution in [0.3, 0.4) is 0 Å². The van der Waals surface area contributed by atoms with Gasteiger partial charge >= 0.3 is 5.70 Å². The first-order valence-electron chi connectivity index (χ1n) is 1.97. The fourth-order valence-electron chi connectivity index (χ4n) is 0.213. The molecule has 48 valence electrons. The molecule has 0 aliphatic rings. The van der Waals surface area contributed by atoms with Gasteiger partial charge in [0.2, 0.25) is 6.29 Å². The van der Waals surface area contributed by atoms with Crippen LogP contribution in [0, 0.1) is 10.1 Å². The maximum Gasteiger partial charge on any atom is 0.312 e. The van der Waals surface area contributed by atoms with Crippen molar-refractivity contribution in [1.82, 2.24) is 0 Å². The van der Waals surface area contributed by atoms with Gasteiger partial charge in [0.1, 0.15) is 6.29 Å². The normalized spacial score (nSPS) is 10.4. The Hall–Kier alpha value is -1.52. The number of hydrogen-bond acceptors (Lipinski definition) is 4. The molecule has 0 rings (SSSR count). The Morgan fingerprint density at radius 2 is 2.00 bits per heavy atom. The first kappa shape index (κ1) is 7.48. The number of allylic oxidation sites excluding steroid dienone is 2. The van der Waals surface area contributed by atoms with Crippen molar-refractivity contribution in [3.05, 3.63) is 21.9 Å². The Balaban J connectivity index is 4.32. The molecule has 5 heteroatoms. The maximum atomic E-state index is 9.67. The average molecular weight is 129 g/mol. The summed E-state index contributed by atoms with van der Waals surface area (Å²) >= 11 is 0. The summed E-state index contributed by atoms with van der Waals surface area (Å²) in [6, 6.07) is 0. The topological polar surface area (TPSA) is 77.3 Å². The Morgan fingerprint density at radius 3 is 2.11 bits per heavy atom. The molecule has 0 atom stereocenters. The van der Waals surface area contributed by atoms with Crippen LogP contribution in [0.25, 0.3) is 0 Å². The van der Waals surface area contributed by atoms with Crippen LogP contribution < -0.4 is 0 Å². The van der Waals surface area contributed by atoms with Gasteiger partial charge in [0, 0.05) is 0 Å². The molecule has 0 unspecified atom stereocenters. The van der Waals surface area contributed by atoms with Crippen molar-refractivity contribution in [2.24, 2.45) is 0 Å². The Kier molecular flexibility index (Phi) is 2.89. The largest absolute Gasteiger partial charge is 0.312 e. The molecule has 0 N–H and O–H groups in total. The zero-order valence-corrected chi connectivity index (χ0v) is 4.31. The molecular formula is C4H3NO4. The zero-order chi connectivity index (χ0) is 7.28. The molecule has 0 aromatic heterocycles. The van der Waals surface area contributed by atoms with E-state index >= 15 is 0 Å². The van der Waals surface area contributed by atoms with Crippen LogP contribution in [0.5, 0.6) is 0 Å². The molecule has 0 saturated heterocycles. The smallest absolute Gasteiger partial charge is 0.298 e. The van der Waals surface area contributed by atoms with Crippen molar-refractivity contribution < 1.29 is 14.5 Å². The predicted molar refractivity (Wildman–Crippen MR) is 27.2 cm³/mol. The highest BCUT2D eigenvalue weighted by Gasteiger charge is 2.05. The Morgan fingerprint density at radius 1 is 1.44 bits per heavy atom. The number of aldehydes is 2. The number of rotatable bonds is 3. The number of carbonyl (C=O) groups excluding carboxylic acids is 2. The second-order valence-electron chi connectivity index (χ2n) is 1.10. The van der Waals surface area contributed by atoms with Crippen LogP contribution in [-0.2, 0) is 9.59 Å². The van der Waals surface area contributed by atoms with E-state index in [0.29, 0.717) is 6.08 Å². The lowest BCUT2D eigenvalue weighted by atomic mass is 10.5. The molecule has 5 nitrogen and oxygen atoms in total. The van der Waals surface area contributed by atoms with Gasteiger partial charge in [-0.2, -0.15) is 0 Å². The summed E-state index contributed by atoms with van der Waals surface area (Å²) in [6.45, 7) is 0. The predicted octanol–water partition coefficient (Wildman–Crippen LogP) is -0.455. The van der Waals surface area contributed by atoms with Crippen LogP contribution >= 0.6 is 0 Å². The van der Waals surface area contributed by atoms with E-state index in [4.69, 9.17) is 0 Å². The van der Waals surface area contributed by atoms with Crippen LogP contribution in [0.4, 0.5) is 0 Å². The molecule has 0 heterocycles. The van der Waals surface area contributed by atoms with E-state index in [1.807, 2.05) is 0 Å². The van der Waals surface area contributed by atoms with E-state index in [-0.39, 0.29) is 12.6 Å². The summed E-state index contributed by atoms with van der Waals surface area (Å²) in [5.74, 6) is 0. The fraction of sp³-hybridized carbons (Fsp3) is 0. The molecule has 0 bridgehead atoms. The monoisotopic (exact) mass is 129 g/mol. The third kappa shape index (κ3) is 2.32. The highest BCUT2D eigenvalue weighted by molar-refractivity contribution is 5.78. The van der Waals surface area contributed by atoms with Crippen LogP contribution in [-0.4, -0.2) is 17.5 Å². The van der Waals surface area contributed by atoms with E-state index < -0.39 is 10.6 Å². The molecule has 0 amide bonds. The second-order valence-corrected chi connectivity index (χ2v) is 1.10. The van der Waals surface area contributed by atoms with E-state index in [1.54, 1.807) is 0 Å². The lowest BCUT2D eigenvalue weighted by molar-refractivity contribution is -0.417. The summed E-state index contributed by atoms with van der Waals surface area (Å²) in [6.07, 6.45) is 0.786. The highest BCUT2D eigenvalue weighted by atomic mass is 16.6. The lowest BCUT2D eigenvalue weighted by Gasteiger charge is -1.80. The van der Waals surface area contributed by atoms with Crippen molar-refractivity contribution in [3.8, 4) is 0 Å². The third-order valence-electron chi connectivity index (χ3n) is 0.570. The molecular weight excluding hydrogens is 126 g/mol. The minimum absolute atomic E-state index is 0.00833. The van der Waals surface area contributed by atoms with Gasteiger partial charge in [0.15, 0.2) is 0 Å². The van der Waals surface area contributed by atoms with Crippen molar-refractivity contribution in [1.29, 1.82) is 0 Å². The minimum Gasteiger partial charge on any atom is -0.298 e. The Labute approximate surface area is 50.1 Å². The molecule has 0 aromatic carbocycles.